The minimum Gasteiger partial charge on any atom is -0.355 e. The minimum absolute atomic E-state index is 0.0349. The summed E-state index contributed by atoms with van der Waals surface area (Å²) in [4.78, 5) is 28.8. The van der Waals surface area contributed by atoms with Gasteiger partial charge in [0.05, 0.1) is 5.92 Å². The van der Waals surface area contributed by atoms with E-state index in [1.807, 2.05) is 0 Å². The molecule has 0 radical (unpaired) electrons. The van der Waals surface area contributed by atoms with Crippen molar-refractivity contribution in [3.05, 3.63) is 33.8 Å². The van der Waals surface area contributed by atoms with Crippen molar-refractivity contribution in [1.29, 1.82) is 0 Å². The van der Waals surface area contributed by atoms with E-state index in [4.69, 9.17) is 0 Å². The van der Waals surface area contributed by atoms with Crippen LogP contribution in [0.5, 0.6) is 0 Å². The third-order valence-corrected chi connectivity index (χ3v) is 5.65. The molecule has 6 heteroatoms. The Morgan fingerprint density at radius 2 is 2.35 bits per heavy atom. The number of nitrogens with zero attached hydrogens (tertiary/aromatic N) is 2. The van der Waals surface area contributed by atoms with Crippen molar-refractivity contribution >= 4 is 17.7 Å². The molecule has 5 nitrogen and oxygen atoms in total. The predicted molar refractivity (Wildman–Crippen MR) is 91.6 cm³/mol. The molecular weight excluding hydrogens is 310 g/mol. The van der Waals surface area contributed by atoms with Gasteiger partial charge in [-0.3, -0.25) is 14.2 Å². The maximum Gasteiger partial charge on any atom is 0.257 e. The Morgan fingerprint density at radius 3 is 3.13 bits per heavy atom. The number of nitrogens with one attached hydrogen (secondary N) is 1. The summed E-state index contributed by atoms with van der Waals surface area (Å²) in [6, 6.07) is 0. The summed E-state index contributed by atoms with van der Waals surface area (Å²) in [6.45, 7) is 2.89. The quantitative estimate of drug-likeness (QED) is 0.678. The second kappa shape index (κ2) is 7.34. The van der Waals surface area contributed by atoms with Gasteiger partial charge in [0, 0.05) is 30.6 Å². The zero-order chi connectivity index (χ0) is 16.2. The first-order valence-corrected chi connectivity index (χ1v) is 9.28. The minimum atomic E-state index is -0.158. The number of hydrogen-bond acceptors (Lipinski definition) is 4. The number of carbonyl (C=O) groups excluding carboxylic acids is 1. The van der Waals surface area contributed by atoms with Gasteiger partial charge in [0.15, 0.2) is 5.16 Å². The highest BCUT2D eigenvalue weighted by Gasteiger charge is 2.26. The third kappa shape index (κ3) is 3.86. The number of amides is 1. The molecule has 0 aromatic carbocycles. The van der Waals surface area contributed by atoms with Gasteiger partial charge in [-0.2, -0.15) is 0 Å². The average Bonchev–Trinajstić information content (AvgIpc) is 2.59. The zero-order valence-corrected chi connectivity index (χ0v) is 14.3. The van der Waals surface area contributed by atoms with Crippen LogP contribution in [-0.2, 0) is 11.3 Å². The Balaban J connectivity index is 1.55. The lowest BCUT2D eigenvalue weighted by molar-refractivity contribution is -0.124. The predicted octanol–water partition coefficient (Wildman–Crippen LogP) is 2.28. The van der Waals surface area contributed by atoms with Crippen molar-refractivity contribution in [2.45, 2.75) is 50.7 Å². The summed E-state index contributed by atoms with van der Waals surface area (Å²) in [5.41, 5.74) is 2.06. The van der Waals surface area contributed by atoms with Crippen molar-refractivity contribution in [2.75, 3.05) is 12.3 Å². The molecule has 0 bridgehead atoms. The van der Waals surface area contributed by atoms with Crippen molar-refractivity contribution in [3.63, 3.8) is 0 Å². The molecule has 0 fully saturated rings. The topological polar surface area (TPSA) is 64.0 Å². The molecule has 1 amide bonds. The van der Waals surface area contributed by atoms with Crippen LogP contribution in [-0.4, -0.2) is 27.8 Å². The molecule has 3 rings (SSSR count). The van der Waals surface area contributed by atoms with Crippen LogP contribution in [0, 0.1) is 12.8 Å². The molecule has 1 N–H and O–H groups in total. The molecule has 1 aliphatic heterocycles. The van der Waals surface area contributed by atoms with Crippen LogP contribution in [0.4, 0.5) is 0 Å². The lowest BCUT2D eigenvalue weighted by Crippen LogP contribution is -2.40. The van der Waals surface area contributed by atoms with Crippen molar-refractivity contribution in [1.82, 2.24) is 14.9 Å². The summed E-state index contributed by atoms with van der Waals surface area (Å²) in [7, 11) is 0. The summed E-state index contributed by atoms with van der Waals surface area (Å²) in [5.74, 6) is 0.575. The molecule has 0 spiro atoms. The normalized spacial score (nSPS) is 20.6. The van der Waals surface area contributed by atoms with Crippen molar-refractivity contribution < 1.29 is 4.79 Å². The monoisotopic (exact) mass is 333 g/mol. The molecule has 23 heavy (non-hydrogen) atoms. The van der Waals surface area contributed by atoms with E-state index < -0.39 is 0 Å². The van der Waals surface area contributed by atoms with Gasteiger partial charge in [0.2, 0.25) is 5.91 Å². The first-order chi connectivity index (χ1) is 11.1. The van der Waals surface area contributed by atoms with Crippen LogP contribution in [0.1, 0.15) is 37.7 Å². The molecule has 1 aromatic rings. The Morgan fingerprint density at radius 1 is 1.48 bits per heavy atom. The Bertz CT molecular complexity index is 681. The maximum atomic E-state index is 12.4. The average molecular weight is 333 g/mol. The van der Waals surface area contributed by atoms with Crippen LogP contribution < -0.4 is 10.9 Å². The number of allylic oxidation sites excluding steroid dienone is 1. The van der Waals surface area contributed by atoms with E-state index in [0.717, 1.165) is 11.6 Å². The van der Waals surface area contributed by atoms with Crippen LogP contribution in [0.25, 0.3) is 0 Å². The maximum absolute atomic E-state index is 12.4. The molecule has 0 saturated carbocycles. The van der Waals surface area contributed by atoms with Gasteiger partial charge in [-0.05, 0) is 39.0 Å². The highest BCUT2D eigenvalue weighted by atomic mass is 32.2. The van der Waals surface area contributed by atoms with E-state index in [0.29, 0.717) is 24.4 Å². The van der Waals surface area contributed by atoms with Gasteiger partial charge < -0.3 is 5.32 Å². The third-order valence-electron chi connectivity index (χ3n) is 4.50. The molecule has 0 saturated heterocycles. The first-order valence-electron chi connectivity index (χ1n) is 8.30. The fraction of sp³-hybridized carbons (Fsp3) is 0.588. The van der Waals surface area contributed by atoms with Gasteiger partial charge >= 0.3 is 0 Å². The van der Waals surface area contributed by atoms with Crippen LogP contribution in [0.2, 0.25) is 0 Å². The first kappa shape index (κ1) is 16.3. The molecule has 2 aliphatic rings. The van der Waals surface area contributed by atoms with E-state index in [2.05, 4.69) is 16.4 Å². The highest BCUT2D eigenvalue weighted by Crippen LogP contribution is 2.25. The van der Waals surface area contributed by atoms with Crippen molar-refractivity contribution in [2.24, 2.45) is 5.92 Å². The van der Waals surface area contributed by atoms with E-state index in [1.165, 1.54) is 43.0 Å². The molecule has 2 heterocycles. The van der Waals surface area contributed by atoms with E-state index in [1.54, 1.807) is 17.7 Å². The van der Waals surface area contributed by atoms with Gasteiger partial charge in [0.25, 0.3) is 5.56 Å². The molecule has 1 unspecified atom stereocenters. The van der Waals surface area contributed by atoms with Gasteiger partial charge in [-0.1, -0.05) is 23.4 Å². The molecule has 1 aromatic heterocycles. The lowest BCUT2D eigenvalue weighted by atomic mass is 9.97. The van der Waals surface area contributed by atoms with Gasteiger partial charge in [-0.15, -0.1) is 0 Å². The number of carbonyl (C=O) groups is 1. The van der Waals surface area contributed by atoms with E-state index >= 15 is 0 Å². The smallest absolute Gasteiger partial charge is 0.257 e. The lowest BCUT2D eigenvalue weighted by Gasteiger charge is -2.24. The molecule has 1 aliphatic carbocycles. The van der Waals surface area contributed by atoms with Crippen LogP contribution >= 0.6 is 11.8 Å². The standard InChI is InChI=1S/C17H23N3O2S/c1-12-9-19-17-20(16(12)22)10-14(11-23-17)15(21)18-8-7-13-5-3-2-4-6-13/h5,9,14H,2-4,6-8,10-11H2,1H3,(H,18,21). The van der Waals surface area contributed by atoms with Gasteiger partial charge in [-0.25, -0.2) is 4.98 Å². The Hall–Kier alpha value is -1.56. The number of aromatic nitrogens is 2. The van der Waals surface area contributed by atoms with Crippen LogP contribution in [0.3, 0.4) is 0 Å². The fourth-order valence-corrected chi connectivity index (χ4v) is 4.13. The summed E-state index contributed by atoms with van der Waals surface area (Å²) in [6.07, 6.45) is 9.78. The molecule has 1 atom stereocenters. The number of rotatable bonds is 4. The molecular formula is C17H23N3O2S. The van der Waals surface area contributed by atoms with E-state index in [-0.39, 0.29) is 17.4 Å². The highest BCUT2D eigenvalue weighted by molar-refractivity contribution is 7.99. The van der Waals surface area contributed by atoms with E-state index in [9.17, 15) is 9.59 Å². The summed E-state index contributed by atoms with van der Waals surface area (Å²) in [5, 5.41) is 3.76. The van der Waals surface area contributed by atoms with Crippen molar-refractivity contribution in [3.8, 4) is 0 Å². The Labute approximate surface area is 140 Å². The second-order valence-corrected chi connectivity index (χ2v) is 7.28. The number of fused-ring (bicyclic) bond motifs is 1. The largest absolute Gasteiger partial charge is 0.355 e. The SMILES string of the molecule is Cc1cnc2n(c1=O)CC(C(=O)NCCC1=CCCCC1)CS2. The fourth-order valence-electron chi connectivity index (χ4n) is 3.08. The Kier molecular flexibility index (Phi) is 5.20. The van der Waals surface area contributed by atoms with Gasteiger partial charge in [0.1, 0.15) is 0 Å². The summed E-state index contributed by atoms with van der Waals surface area (Å²) < 4.78 is 1.64. The van der Waals surface area contributed by atoms with Crippen LogP contribution in [0.15, 0.2) is 27.8 Å². The second-order valence-electron chi connectivity index (χ2n) is 6.30. The zero-order valence-electron chi connectivity index (χ0n) is 13.5. The number of aryl methyl sites for hydroxylation is 1. The summed E-state index contributed by atoms with van der Waals surface area (Å²) >= 11 is 1.49. The number of hydrogen-bond donors (Lipinski definition) is 1. The molecule has 124 valence electrons. The number of thioether (sulfide) groups is 1.